The van der Waals surface area contributed by atoms with Crippen LogP contribution in [0.3, 0.4) is 0 Å². The van der Waals surface area contributed by atoms with Crippen LogP contribution in [0.1, 0.15) is 23.2 Å². The SMILES string of the molecule is O=C(c1cccc(S(=O)(=O)Nc2ccccc2Cl)c1)N1CCC(COc2ccccc2)CC1. The molecule has 3 aromatic carbocycles. The third kappa shape index (κ3) is 5.86. The van der Waals surface area contributed by atoms with E-state index in [1.165, 1.54) is 12.1 Å². The first kappa shape index (κ1) is 23.1. The fraction of sp³-hybridized carbons (Fsp3) is 0.240. The molecule has 1 heterocycles. The zero-order valence-corrected chi connectivity index (χ0v) is 19.6. The number of benzene rings is 3. The summed E-state index contributed by atoms with van der Waals surface area (Å²) < 4.78 is 34.0. The minimum Gasteiger partial charge on any atom is -0.493 e. The van der Waals surface area contributed by atoms with E-state index < -0.39 is 10.0 Å². The molecule has 3 aromatic rings. The van der Waals surface area contributed by atoms with Crippen molar-refractivity contribution in [3.8, 4) is 5.75 Å². The standard InChI is InChI=1S/C25H25ClN2O4S/c26-23-11-4-5-12-24(23)27-33(30,31)22-10-6-7-20(17-22)25(29)28-15-13-19(14-16-28)18-32-21-8-2-1-3-9-21/h1-12,17,19,27H,13-16,18H2. The molecule has 1 amide bonds. The van der Waals surface area contributed by atoms with Crippen molar-refractivity contribution in [1.82, 2.24) is 4.90 Å². The molecule has 8 heteroatoms. The van der Waals surface area contributed by atoms with Crippen LogP contribution in [0.25, 0.3) is 0 Å². The van der Waals surface area contributed by atoms with Crippen LogP contribution < -0.4 is 9.46 Å². The maximum absolute atomic E-state index is 13.0. The first-order chi connectivity index (χ1) is 15.9. The molecule has 1 aliphatic heterocycles. The molecule has 6 nitrogen and oxygen atoms in total. The summed E-state index contributed by atoms with van der Waals surface area (Å²) in [6, 6.07) is 22.4. The molecule has 0 aliphatic carbocycles. The summed E-state index contributed by atoms with van der Waals surface area (Å²) in [5, 5.41) is 0.299. The lowest BCUT2D eigenvalue weighted by Gasteiger charge is -2.32. The monoisotopic (exact) mass is 484 g/mol. The summed E-state index contributed by atoms with van der Waals surface area (Å²) in [5.41, 5.74) is 0.631. The lowest BCUT2D eigenvalue weighted by atomic mass is 9.97. The van der Waals surface area contributed by atoms with E-state index >= 15 is 0 Å². The van der Waals surface area contributed by atoms with E-state index in [1.54, 1.807) is 41.3 Å². The quantitative estimate of drug-likeness (QED) is 0.508. The Morgan fingerprint density at radius 1 is 0.970 bits per heavy atom. The number of anilines is 1. The molecule has 33 heavy (non-hydrogen) atoms. The normalized spacial score (nSPS) is 14.6. The second-order valence-electron chi connectivity index (χ2n) is 7.97. The number of para-hydroxylation sites is 2. The summed E-state index contributed by atoms with van der Waals surface area (Å²) in [7, 11) is -3.89. The molecule has 1 fully saturated rings. The number of halogens is 1. The smallest absolute Gasteiger partial charge is 0.261 e. The molecule has 0 radical (unpaired) electrons. The van der Waals surface area contributed by atoms with Crippen molar-refractivity contribution in [2.75, 3.05) is 24.4 Å². The van der Waals surface area contributed by atoms with Crippen LogP contribution in [-0.2, 0) is 10.0 Å². The molecular formula is C25H25ClN2O4S. The Morgan fingerprint density at radius 2 is 1.67 bits per heavy atom. The number of sulfonamides is 1. The Labute approximate surface area is 199 Å². The molecule has 0 aromatic heterocycles. The molecule has 0 saturated carbocycles. The van der Waals surface area contributed by atoms with Gasteiger partial charge in [0.05, 0.1) is 22.2 Å². The molecule has 1 saturated heterocycles. The minimum absolute atomic E-state index is 0.0133. The largest absolute Gasteiger partial charge is 0.493 e. The van der Waals surface area contributed by atoms with Gasteiger partial charge in [-0.25, -0.2) is 8.42 Å². The van der Waals surface area contributed by atoms with Gasteiger partial charge < -0.3 is 9.64 Å². The summed E-state index contributed by atoms with van der Waals surface area (Å²) in [5.74, 6) is 1.05. The minimum atomic E-state index is -3.89. The van der Waals surface area contributed by atoms with Crippen LogP contribution in [-0.4, -0.2) is 38.9 Å². The van der Waals surface area contributed by atoms with Gasteiger partial charge in [0.15, 0.2) is 0 Å². The maximum Gasteiger partial charge on any atom is 0.261 e. The number of amides is 1. The van der Waals surface area contributed by atoms with E-state index in [9.17, 15) is 13.2 Å². The van der Waals surface area contributed by atoms with Gasteiger partial charge in [-0.1, -0.05) is 48.0 Å². The zero-order chi connectivity index (χ0) is 23.3. The highest BCUT2D eigenvalue weighted by molar-refractivity contribution is 7.92. The van der Waals surface area contributed by atoms with Crippen molar-refractivity contribution in [2.45, 2.75) is 17.7 Å². The lowest BCUT2D eigenvalue weighted by Crippen LogP contribution is -2.39. The van der Waals surface area contributed by atoms with Crippen LogP contribution >= 0.6 is 11.6 Å². The van der Waals surface area contributed by atoms with E-state index in [-0.39, 0.29) is 16.5 Å². The van der Waals surface area contributed by atoms with Gasteiger partial charge in [-0.05, 0) is 61.2 Å². The third-order valence-corrected chi connectivity index (χ3v) is 7.33. The number of carbonyl (C=O) groups is 1. The molecule has 0 unspecified atom stereocenters. The number of hydrogen-bond acceptors (Lipinski definition) is 4. The highest BCUT2D eigenvalue weighted by Gasteiger charge is 2.25. The van der Waals surface area contributed by atoms with Gasteiger partial charge >= 0.3 is 0 Å². The molecule has 1 N–H and O–H groups in total. The van der Waals surface area contributed by atoms with Crippen LogP contribution in [0.15, 0.2) is 83.8 Å². The van der Waals surface area contributed by atoms with Gasteiger partial charge in [0, 0.05) is 18.7 Å². The Morgan fingerprint density at radius 3 is 2.39 bits per heavy atom. The van der Waals surface area contributed by atoms with E-state index in [4.69, 9.17) is 16.3 Å². The number of likely N-dealkylation sites (tertiary alicyclic amines) is 1. The summed E-state index contributed by atoms with van der Waals surface area (Å²) in [6.07, 6.45) is 1.68. The molecule has 172 valence electrons. The number of hydrogen-bond donors (Lipinski definition) is 1. The van der Waals surface area contributed by atoms with Crippen molar-refractivity contribution < 1.29 is 17.9 Å². The van der Waals surface area contributed by atoms with E-state index in [0.29, 0.717) is 36.2 Å². The van der Waals surface area contributed by atoms with E-state index in [1.807, 2.05) is 30.3 Å². The molecule has 0 atom stereocenters. The van der Waals surface area contributed by atoms with Crippen LogP contribution in [0.2, 0.25) is 5.02 Å². The zero-order valence-electron chi connectivity index (χ0n) is 18.0. The molecule has 0 spiro atoms. The van der Waals surface area contributed by atoms with Gasteiger partial charge in [0.2, 0.25) is 0 Å². The molecule has 0 bridgehead atoms. The summed E-state index contributed by atoms with van der Waals surface area (Å²) >= 11 is 6.07. The van der Waals surface area contributed by atoms with Crippen molar-refractivity contribution >= 4 is 33.2 Å². The second-order valence-corrected chi connectivity index (χ2v) is 10.1. The van der Waals surface area contributed by atoms with Crippen LogP contribution in [0.5, 0.6) is 5.75 Å². The van der Waals surface area contributed by atoms with E-state index in [2.05, 4.69) is 4.72 Å². The first-order valence-corrected chi connectivity index (χ1v) is 12.6. The molecule has 4 rings (SSSR count). The topological polar surface area (TPSA) is 75.7 Å². The Kier molecular flexibility index (Phi) is 7.20. The van der Waals surface area contributed by atoms with E-state index in [0.717, 1.165) is 18.6 Å². The maximum atomic E-state index is 13.0. The predicted octanol–water partition coefficient (Wildman–Crippen LogP) is 5.07. The van der Waals surface area contributed by atoms with Crippen molar-refractivity contribution in [2.24, 2.45) is 5.92 Å². The van der Waals surface area contributed by atoms with Crippen LogP contribution in [0, 0.1) is 5.92 Å². The van der Waals surface area contributed by atoms with Gasteiger partial charge in [0.25, 0.3) is 15.9 Å². The van der Waals surface area contributed by atoms with Gasteiger partial charge in [-0.2, -0.15) is 0 Å². The lowest BCUT2D eigenvalue weighted by molar-refractivity contribution is 0.0661. The van der Waals surface area contributed by atoms with Crippen molar-refractivity contribution in [1.29, 1.82) is 0 Å². The Hall–Kier alpha value is -3.03. The predicted molar refractivity (Wildman–Crippen MR) is 129 cm³/mol. The second kappa shape index (κ2) is 10.3. The molecule has 1 aliphatic rings. The first-order valence-electron chi connectivity index (χ1n) is 10.8. The number of ether oxygens (including phenoxy) is 1. The van der Waals surface area contributed by atoms with Crippen molar-refractivity contribution in [3.63, 3.8) is 0 Å². The summed E-state index contributed by atoms with van der Waals surface area (Å²) in [4.78, 5) is 14.8. The Balaban J connectivity index is 1.37. The highest BCUT2D eigenvalue weighted by atomic mass is 35.5. The van der Waals surface area contributed by atoms with Crippen LogP contribution in [0.4, 0.5) is 5.69 Å². The Bertz CT molecular complexity index is 1210. The van der Waals surface area contributed by atoms with Gasteiger partial charge in [-0.15, -0.1) is 0 Å². The fourth-order valence-electron chi connectivity index (χ4n) is 3.76. The van der Waals surface area contributed by atoms with Gasteiger partial charge in [0.1, 0.15) is 5.75 Å². The average Bonchev–Trinajstić information content (AvgIpc) is 2.85. The van der Waals surface area contributed by atoms with Gasteiger partial charge in [-0.3, -0.25) is 9.52 Å². The third-order valence-electron chi connectivity index (χ3n) is 5.64. The number of rotatable bonds is 7. The number of nitrogens with zero attached hydrogens (tertiary/aromatic N) is 1. The summed E-state index contributed by atoms with van der Waals surface area (Å²) in [6.45, 7) is 1.83. The molecular weight excluding hydrogens is 460 g/mol. The number of piperidine rings is 1. The fourth-order valence-corrected chi connectivity index (χ4v) is 5.12. The van der Waals surface area contributed by atoms with Crippen molar-refractivity contribution in [3.05, 3.63) is 89.4 Å². The average molecular weight is 485 g/mol. The number of carbonyl (C=O) groups excluding carboxylic acids is 1. The number of nitrogens with one attached hydrogen (secondary N) is 1. The highest BCUT2D eigenvalue weighted by Crippen LogP contribution is 2.25.